The number of halogens is 2. The van der Waals surface area contributed by atoms with Crippen molar-refractivity contribution in [1.29, 1.82) is 0 Å². The van der Waals surface area contributed by atoms with E-state index in [9.17, 15) is 23.5 Å². The van der Waals surface area contributed by atoms with Gasteiger partial charge < -0.3 is 20.3 Å². The van der Waals surface area contributed by atoms with E-state index in [1.54, 1.807) is 4.57 Å². The average Bonchev–Trinajstić information content (AvgIpc) is 3.32. The summed E-state index contributed by atoms with van der Waals surface area (Å²) in [5.41, 5.74) is 0.339. The maximum atomic E-state index is 13.6. The van der Waals surface area contributed by atoms with Crippen LogP contribution in [0, 0.1) is 11.6 Å². The second-order valence-electron chi connectivity index (χ2n) is 6.79. The Morgan fingerprint density at radius 2 is 2.00 bits per heavy atom. The van der Waals surface area contributed by atoms with Crippen LogP contribution in [0.3, 0.4) is 0 Å². The Morgan fingerprint density at radius 1 is 1.24 bits per heavy atom. The topological polar surface area (TPSA) is 96.2 Å². The molecule has 10 heteroatoms. The molecule has 1 aliphatic carbocycles. The fraction of sp³-hybridized carbons (Fsp3) is 0.421. The lowest BCUT2D eigenvalue weighted by atomic mass is 10.2. The molecule has 0 bridgehead atoms. The standard InChI is InChI=1S/C19H22F2N4O3S/c20-12-5-6-16(15(21)7-12)24-18(28)11-29-19-22-8-14(10-26)25(19)9-17(27)23-13-3-1-2-4-13/h5-8,13,26H,1-4,9-11H2,(H,23,27)(H,24,28). The molecule has 0 atom stereocenters. The highest BCUT2D eigenvalue weighted by atomic mass is 32.2. The van der Waals surface area contributed by atoms with Crippen molar-refractivity contribution in [3.63, 3.8) is 0 Å². The third kappa shape index (κ3) is 5.77. The number of aliphatic hydroxyl groups excluding tert-OH is 1. The number of anilines is 1. The first-order chi connectivity index (χ1) is 14.0. The lowest BCUT2D eigenvalue weighted by molar-refractivity contribution is -0.122. The number of aliphatic hydroxyl groups is 1. The number of carbonyl (C=O) groups is 2. The number of nitrogens with zero attached hydrogens (tertiary/aromatic N) is 2. The Bertz CT molecular complexity index is 884. The molecule has 29 heavy (non-hydrogen) atoms. The zero-order valence-corrected chi connectivity index (χ0v) is 16.5. The Balaban J connectivity index is 1.59. The minimum Gasteiger partial charge on any atom is -0.390 e. The van der Waals surface area contributed by atoms with Gasteiger partial charge in [0.1, 0.15) is 18.2 Å². The van der Waals surface area contributed by atoms with Crippen molar-refractivity contribution in [2.45, 2.75) is 50.0 Å². The second-order valence-corrected chi connectivity index (χ2v) is 7.73. The number of rotatable bonds is 8. The van der Waals surface area contributed by atoms with Crippen LogP contribution in [-0.4, -0.2) is 38.3 Å². The van der Waals surface area contributed by atoms with E-state index in [-0.39, 0.29) is 36.5 Å². The number of carbonyl (C=O) groups excluding carboxylic acids is 2. The summed E-state index contributed by atoms with van der Waals surface area (Å²) < 4.78 is 28.1. The molecule has 0 aliphatic heterocycles. The van der Waals surface area contributed by atoms with Gasteiger partial charge in [-0.25, -0.2) is 13.8 Å². The molecule has 3 rings (SSSR count). The van der Waals surface area contributed by atoms with Gasteiger partial charge in [-0.1, -0.05) is 24.6 Å². The van der Waals surface area contributed by atoms with Gasteiger partial charge in [0, 0.05) is 12.1 Å². The van der Waals surface area contributed by atoms with Crippen LogP contribution < -0.4 is 10.6 Å². The van der Waals surface area contributed by atoms with Crippen molar-refractivity contribution in [2.24, 2.45) is 0 Å². The van der Waals surface area contributed by atoms with E-state index in [1.165, 1.54) is 6.20 Å². The maximum absolute atomic E-state index is 13.6. The quantitative estimate of drug-likeness (QED) is 0.566. The molecular weight excluding hydrogens is 402 g/mol. The smallest absolute Gasteiger partial charge is 0.240 e. The maximum Gasteiger partial charge on any atom is 0.240 e. The Kier molecular flexibility index (Phi) is 7.21. The summed E-state index contributed by atoms with van der Waals surface area (Å²) >= 11 is 1.06. The van der Waals surface area contributed by atoms with Gasteiger partial charge in [-0.2, -0.15) is 0 Å². The van der Waals surface area contributed by atoms with Crippen LogP contribution in [0.5, 0.6) is 0 Å². The highest BCUT2D eigenvalue weighted by Crippen LogP contribution is 2.21. The van der Waals surface area contributed by atoms with Crippen molar-refractivity contribution in [3.05, 3.63) is 41.7 Å². The van der Waals surface area contributed by atoms with Crippen LogP contribution >= 0.6 is 11.8 Å². The molecule has 1 aromatic heterocycles. The van der Waals surface area contributed by atoms with Crippen molar-refractivity contribution in [2.75, 3.05) is 11.1 Å². The van der Waals surface area contributed by atoms with Crippen LogP contribution in [0.1, 0.15) is 31.4 Å². The predicted octanol–water partition coefficient (Wildman–Crippen LogP) is 2.44. The van der Waals surface area contributed by atoms with Crippen LogP contribution in [0.25, 0.3) is 0 Å². The minimum absolute atomic E-state index is 0.0110. The van der Waals surface area contributed by atoms with E-state index in [0.717, 1.165) is 49.6 Å². The van der Waals surface area contributed by atoms with Gasteiger partial charge in [-0.15, -0.1) is 0 Å². The molecule has 0 spiro atoms. The first-order valence-corrected chi connectivity index (χ1v) is 10.3. The van der Waals surface area contributed by atoms with Crippen LogP contribution in [0.15, 0.2) is 29.6 Å². The molecule has 2 amide bonds. The summed E-state index contributed by atoms with van der Waals surface area (Å²) in [6.07, 6.45) is 5.57. The van der Waals surface area contributed by atoms with Crippen molar-refractivity contribution in [3.8, 4) is 0 Å². The predicted molar refractivity (Wildman–Crippen MR) is 104 cm³/mol. The molecule has 0 saturated heterocycles. The third-order valence-corrected chi connectivity index (χ3v) is 5.61. The highest BCUT2D eigenvalue weighted by Gasteiger charge is 2.20. The number of amides is 2. The van der Waals surface area contributed by atoms with E-state index in [2.05, 4.69) is 15.6 Å². The van der Waals surface area contributed by atoms with Gasteiger partial charge in [-0.05, 0) is 25.0 Å². The molecule has 2 aromatic rings. The fourth-order valence-electron chi connectivity index (χ4n) is 3.20. The lowest BCUT2D eigenvalue weighted by Gasteiger charge is -2.14. The molecule has 1 heterocycles. The first kappa shape index (κ1) is 21.3. The fourth-order valence-corrected chi connectivity index (χ4v) is 3.99. The normalized spacial score (nSPS) is 14.2. The largest absolute Gasteiger partial charge is 0.390 e. The highest BCUT2D eigenvalue weighted by molar-refractivity contribution is 7.99. The summed E-state index contributed by atoms with van der Waals surface area (Å²) in [5, 5.41) is 15.2. The summed E-state index contributed by atoms with van der Waals surface area (Å²) in [5.74, 6) is -2.37. The Hall–Kier alpha value is -2.46. The zero-order chi connectivity index (χ0) is 20.8. The molecule has 1 saturated carbocycles. The number of nitrogens with one attached hydrogen (secondary N) is 2. The van der Waals surface area contributed by atoms with Gasteiger partial charge in [0.05, 0.1) is 29.9 Å². The van der Waals surface area contributed by atoms with Gasteiger partial charge in [0.2, 0.25) is 11.8 Å². The van der Waals surface area contributed by atoms with Gasteiger partial charge >= 0.3 is 0 Å². The first-order valence-electron chi connectivity index (χ1n) is 9.28. The zero-order valence-electron chi connectivity index (χ0n) is 15.7. The summed E-state index contributed by atoms with van der Waals surface area (Å²) in [6.45, 7) is -0.305. The number of benzene rings is 1. The number of thioether (sulfide) groups is 1. The Morgan fingerprint density at radius 3 is 2.69 bits per heavy atom. The Labute approximate surface area is 170 Å². The van der Waals surface area contributed by atoms with Crippen LogP contribution in [0.4, 0.5) is 14.5 Å². The minimum atomic E-state index is -0.865. The number of hydrogen-bond donors (Lipinski definition) is 3. The monoisotopic (exact) mass is 424 g/mol. The lowest BCUT2D eigenvalue weighted by Crippen LogP contribution is -2.35. The number of aromatic nitrogens is 2. The van der Waals surface area contributed by atoms with Gasteiger partial charge in [-0.3, -0.25) is 9.59 Å². The second kappa shape index (κ2) is 9.84. The van der Waals surface area contributed by atoms with Gasteiger partial charge in [0.15, 0.2) is 5.16 Å². The molecule has 1 aliphatic rings. The third-order valence-electron chi connectivity index (χ3n) is 4.62. The van der Waals surface area contributed by atoms with E-state index >= 15 is 0 Å². The van der Waals surface area contributed by atoms with Crippen LogP contribution in [0.2, 0.25) is 0 Å². The van der Waals surface area contributed by atoms with E-state index in [4.69, 9.17) is 0 Å². The molecule has 0 radical (unpaired) electrons. The van der Waals surface area contributed by atoms with E-state index in [1.807, 2.05) is 0 Å². The molecule has 7 nitrogen and oxygen atoms in total. The van der Waals surface area contributed by atoms with Crippen LogP contribution in [-0.2, 0) is 22.7 Å². The average molecular weight is 424 g/mol. The number of hydrogen-bond acceptors (Lipinski definition) is 5. The van der Waals surface area contributed by atoms with E-state index < -0.39 is 17.5 Å². The molecular formula is C19H22F2N4O3S. The molecule has 1 fully saturated rings. The van der Waals surface area contributed by atoms with Crippen molar-refractivity contribution < 1.29 is 23.5 Å². The molecule has 0 unspecified atom stereocenters. The summed E-state index contributed by atoms with van der Waals surface area (Å²) in [7, 11) is 0. The van der Waals surface area contributed by atoms with E-state index in [0.29, 0.717) is 16.9 Å². The number of imidazole rings is 1. The molecule has 3 N–H and O–H groups in total. The molecule has 156 valence electrons. The SMILES string of the molecule is O=C(CSc1ncc(CO)n1CC(=O)NC1CCCC1)Nc1ccc(F)cc1F. The molecule has 1 aromatic carbocycles. The summed E-state index contributed by atoms with van der Waals surface area (Å²) in [4.78, 5) is 28.6. The van der Waals surface area contributed by atoms with Gasteiger partial charge in [0.25, 0.3) is 0 Å². The van der Waals surface area contributed by atoms with Crippen molar-refractivity contribution in [1.82, 2.24) is 14.9 Å². The summed E-state index contributed by atoms with van der Waals surface area (Å²) in [6, 6.07) is 3.06. The van der Waals surface area contributed by atoms with Crippen molar-refractivity contribution >= 4 is 29.3 Å².